The smallest absolute Gasteiger partial charge is 0.412 e. The molecular formula is C23H27N3O4. The third-order valence-corrected chi connectivity index (χ3v) is 3.93. The van der Waals surface area contributed by atoms with Crippen molar-refractivity contribution in [3.05, 3.63) is 54.1 Å². The van der Waals surface area contributed by atoms with Gasteiger partial charge in [-0.25, -0.2) is 4.79 Å². The van der Waals surface area contributed by atoms with Gasteiger partial charge in [-0.05, 0) is 76.2 Å². The minimum absolute atomic E-state index is 0.206. The number of hydrogen-bond acceptors (Lipinski definition) is 5. The van der Waals surface area contributed by atoms with Crippen LogP contribution in [0.4, 0.5) is 16.2 Å². The molecule has 2 aromatic rings. The van der Waals surface area contributed by atoms with Gasteiger partial charge in [-0.2, -0.15) is 5.26 Å². The second-order valence-corrected chi connectivity index (χ2v) is 7.50. The highest BCUT2D eigenvalue weighted by Crippen LogP contribution is 2.22. The Morgan fingerprint density at radius 3 is 2.23 bits per heavy atom. The third-order valence-electron chi connectivity index (χ3n) is 3.93. The molecule has 0 aromatic heterocycles. The van der Waals surface area contributed by atoms with Crippen LogP contribution < -0.4 is 15.0 Å². The van der Waals surface area contributed by atoms with Crippen LogP contribution in [0.1, 0.15) is 44.5 Å². The van der Waals surface area contributed by atoms with E-state index in [0.29, 0.717) is 29.3 Å². The van der Waals surface area contributed by atoms with Crippen molar-refractivity contribution in [2.24, 2.45) is 0 Å². The quantitative estimate of drug-likeness (QED) is 0.695. The minimum Gasteiger partial charge on any atom is -0.494 e. The molecule has 0 saturated heterocycles. The van der Waals surface area contributed by atoms with E-state index in [1.54, 1.807) is 74.2 Å². The molecule has 1 N–H and O–H groups in total. The standard InChI is InChI=1S/C23H27N3O4/c1-5-29-20-13-11-19(12-14-20)26(16-6-15-24)21(27)17-7-9-18(10-8-17)25-22(28)30-23(2,3)4/h7-14H,5-6,16H2,1-4H3,(H,25,28). The van der Waals surface area contributed by atoms with E-state index in [9.17, 15) is 9.59 Å². The van der Waals surface area contributed by atoms with Crippen LogP contribution in [-0.2, 0) is 4.74 Å². The molecule has 0 spiro atoms. The van der Waals surface area contributed by atoms with E-state index < -0.39 is 11.7 Å². The zero-order valence-electron chi connectivity index (χ0n) is 17.8. The van der Waals surface area contributed by atoms with Gasteiger partial charge in [0.2, 0.25) is 0 Å². The third kappa shape index (κ3) is 6.82. The monoisotopic (exact) mass is 409 g/mol. The molecule has 0 saturated carbocycles. The first-order chi connectivity index (χ1) is 14.2. The molecule has 0 aliphatic carbocycles. The number of ether oxygens (including phenoxy) is 2. The van der Waals surface area contributed by atoms with E-state index in [0.717, 1.165) is 0 Å². The summed E-state index contributed by atoms with van der Waals surface area (Å²) in [5, 5.41) is 11.6. The van der Waals surface area contributed by atoms with Crippen LogP contribution in [0.5, 0.6) is 5.75 Å². The summed E-state index contributed by atoms with van der Waals surface area (Å²) < 4.78 is 10.7. The first-order valence-corrected chi connectivity index (χ1v) is 9.75. The van der Waals surface area contributed by atoms with Gasteiger partial charge in [0.05, 0.1) is 19.1 Å². The molecule has 0 bridgehead atoms. The van der Waals surface area contributed by atoms with Gasteiger partial charge in [0, 0.05) is 23.5 Å². The van der Waals surface area contributed by atoms with Gasteiger partial charge >= 0.3 is 6.09 Å². The molecule has 0 unspecified atom stereocenters. The van der Waals surface area contributed by atoms with Gasteiger partial charge in [-0.1, -0.05) is 0 Å². The Bertz CT molecular complexity index is 894. The number of carbonyl (C=O) groups excluding carboxylic acids is 2. The molecule has 7 heteroatoms. The summed E-state index contributed by atoms with van der Waals surface area (Å²) >= 11 is 0. The molecule has 2 rings (SSSR count). The van der Waals surface area contributed by atoms with Crippen molar-refractivity contribution in [3.8, 4) is 11.8 Å². The zero-order chi connectivity index (χ0) is 22.1. The lowest BCUT2D eigenvalue weighted by Gasteiger charge is -2.22. The minimum atomic E-state index is -0.598. The van der Waals surface area contributed by atoms with Crippen molar-refractivity contribution in [1.29, 1.82) is 5.26 Å². The van der Waals surface area contributed by atoms with E-state index in [1.807, 2.05) is 6.92 Å². The average Bonchev–Trinajstić information content (AvgIpc) is 2.68. The Hall–Kier alpha value is -3.53. The zero-order valence-corrected chi connectivity index (χ0v) is 17.8. The summed E-state index contributed by atoms with van der Waals surface area (Å²) in [6, 6.07) is 15.8. The molecule has 7 nitrogen and oxygen atoms in total. The van der Waals surface area contributed by atoms with Crippen molar-refractivity contribution in [2.75, 3.05) is 23.4 Å². The Labute approximate surface area is 177 Å². The predicted octanol–water partition coefficient (Wildman–Crippen LogP) is 4.99. The maximum atomic E-state index is 13.1. The number of anilines is 2. The van der Waals surface area contributed by atoms with Crippen LogP contribution in [0.15, 0.2) is 48.5 Å². The molecule has 0 aliphatic heterocycles. The lowest BCUT2D eigenvalue weighted by molar-refractivity contribution is 0.0636. The maximum Gasteiger partial charge on any atom is 0.412 e. The van der Waals surface area contributed by atoms with E-state index >= 15 is 0 Å². The Morgan fingerprint density at radius 1 is 1.07 bits per heavy atom. The van der Waals surface area contributed by atoms with Crippen LogP contribution in [0.3, 0.4) is 0 Å². The van der Waals surface area contributed by atoms with Gasteiger partial charge < -0.3 is 14.4 Å². The summed E-state index contributed by atoms with van der Waals surface area (Å²) in [4.78, 5) is 26.5. The molecule has 0 fully saturated rings. The molecular weight excluding hydrogens is 382 g/mol. The normalized spacial score (nSPS) is 10.6. The Balaban J connectivity index is 2.15. The van der Waals surface area contributed by atoms with Crippen LogP contribution in [0.25, 0.3) is 0 Å². The van der Waals surface area contributed by atoms with Crippen molar-refractivity contribution in [3.63, 3.8) is 0 Å². The Morgan fingerprint density at radius 2 is 1.70 bits per heavy atom. The largest absolute Gasteiger partial charge is 0.494 e. The van der Waals surface area contributed by atoms with Crippen molar-refractivity contribution < 1.29 is 19.1 Å². The molecule has 0 heterocycles. The predicted molar refractivity (Wildman–Crippen MR) is 116 cm³/mol. The van der Waals surface area contributed by atoms with Crippen LogP contribution in [0, 0.1) is 11.3 Å². The summed E-state index contributed by atoms with van der Waals surface area (Å²) in [5.41, 5.74) is 1.04. The fourth-order valence-corrected chi connectivity index (χ4v) is 2.67. The van der Waals surface area contributed by atoms with Crippen molar-refractivity contribution >= 4 is 23.4 Å². The first-order valence-electron chi connectivity index (χ1n) is 9.75. The second-order valence-electron chi connectivity index (χ2n) is 7.50. The highest BCUT2D eigenvalue weighted by atomic mass is 16.6. The number of amides is 2. The summed E-state index contributed by atoms with van der Waals surface area (Å²) in [6.07, 6.45) is -0.358. The average molecular weight is 409 g/mol. The number of nitrogens with one attached hydrogen (secondary N) is 1. The highest BCUT2D eigenvalue weighted by Gasteiger charge is 2.19. The number of nitriles is 1. The topological polar surface area (TPSA) is 91.7 Å². The molecule has 2 amide bonds. The molecule has 0 radical (unpaired) electrons. The van der Waals surface area contributed by atoms with Crippen molar-refractivity contribution in [2.45, 2.75) is 39.7 Å². The van der Waals surface area contributed by atoms with Crippen molar-refractivity contribution in [1.82, 2.24) is 0 Å². The molecule has 0 atom stereocenters. The maximum absolute atomic E-state index is 13.1. The number of carbonyl (C=O) groups is 2. The summed E-state index contributed by atoms with van der Waals surface area (Å²) in [6.45, 7) is 8.07. The van der Waals surface area contributed by atoms with Gasteiger partial charge in [-0.15, -0.1) is 0 Å². The SMILES string of the molecule is CCOc1ccc(N(CCC#N)C(=O)c2ccc(NC(=O)OC(C)(C)C)cc2)cc1. The van der Waals surface area contributed by atoms with Crippen LogP contribution in [0.2, 0.25) is 0 Å². The van der Waals surface area contributed by atoms with Gasteiger partial charge in [0.1, 0.15) is 11.4 Å². The molecule has 0 aliphatic rings. The van der Waals surface area contributed by atoms with Crippen LogP contribution >= 0.6 is 0 Å². The van der Waals surface area contributed by atoms with Gasteiger partial charge in [-0.3, -0.25) is 10.1 Å². The van der Waals surface area contributed by atoms with E-state index in [4.69, 9.17) is 14.7 Å². The van der Waals surface area contributed by atoms with Gasteiger partial charge in [0.15, 0.2) is 0 Å². The first kappa shape index (κ1) is 22.8. The highest BCUT2D eigenvalue weighted by molar-refractivity contribution is 6.06. The summed E-state index contributed by atoms with van der Waals surface area (Å²) in [5.74, 6) is 0.477. The van der Waals surface area contributed by atoms with E-state index in [1.165, 1.54) is 0 Å². The number of hydrogen-bond donors (Lipinski definition) is 1. The number of nitrogens with zero attached hydrogens (tertiary/aromatic N) is 2. The van der Waals surface area contributed by atoms with Crippen LogP contribution in [-0.4, -0.2) is 30.8 Å². The fourth-order valence-electron chi connectivity index (χ4n) is 2.67. The summed E-state index contributed by atoms with van der Waals surface area (Å²) in [7, 11) is 0. The Kier molecular flexibility index (Phi) is 7.82. The lowest BCUT2D eigenvalue weighted by Crippen LogP contribution is -2.31. The second kappa shape index (κ2) is 10.3. The number of benzene rings is 2. The lowest BCUT2D eigenvalue weighted by atomic mass is 10.1. The fraction of sp³-hybridized carbons (Fsp3) is 0.348. The number of rotatable bonds is 7. The molecule has 2 aromatic carbocycles. The molecule has 158 valence electrons. The molecule has 30 heavy (non-hydrogen) atoms. The van der Waals surface area contributed by atoms with Gasteiger partial charge in [0.25, 0.3) is 5.91 Å². The van der Waals surface area contributed by atoms with E-state index in [2.05, 4.69) is 11.4 Å². The van der Waals surface area contributed by atoms with E-state index in [-0.39, 0.29) is 18.9 Å².